The summed E-state index contributed by atoms with van der Waals surface area (Å²) in [7, 11) is 0. The van der Waals surface area contributed by atoms with Crippen molar-refractivity contribution >= 4 is 17.5 Å². The van der Waals surface area contributed by atoms with Gasteiger partial charge in [-0.3, -0.25) is 10.9 Å². The molecule has 2 aliphatic rings. The number of carbonyl (C=O) groups is 1. The number of nitrogens with zero attached hydrogens (tertiary/aromatic N) is 2. The fourth-order valence-electron chi connectivity index (χ4n) is 3.11. The molecule has 2 unspecified atom stereocenters. The van der Waals surface area contributed by atoms with E-state index in [0.29, 0.717) is 0 Å². The Morgan fingerprint density at radius 2 is 1.95 bits per heavy atom. The Morgan fingerprint density at radius 3 is 2.64 bits per heavy atom. The summed E-state index contributed by atoms with van der Waals surface area (Å²) in [5.74, 6) is 0.860. The van der Waals surface area contributed by atoms with Crippen LogP contribution in [-0.2, 0) is 0 Å². The first-order valence-electron chi connectivity index (χ1n) is 7.93. The van der Waals surface area contributed by atoms with E-state index in [1.54, 1.807) is 6.20 Å². The lowest BCUT2D eigenvalue weighted by atomic mass is 10.1. The van der Waals surface area contributed by atoms with Gasteiger partial charge in [0.2, 0.25) is 0 Å². The van der Waals surface area contributed by atoms with Gasteiger partial charge in [-0.2, -0.15) is 0 Å². The first-order valence-corrected chi connectivity index (χ1v) is 7.93. The minimum Gasteiger partial charge on any atom is -0.355 e. The van der Waals surface area contributed by atoms with E-state index in [1.165, 1.54) is 12.8 Å². The van der Waals surface area contributed by atoms with Crippen molar-refractivity contribution < 1.29 is 4.79 Å². The third kappa shape index (κ3) is 3.15. The number of anilines is 2. The molecule has 2 saturated heterocycles. The van der Waals surface area contributed by atoms with E-state index in [1.807, 2.05) is 26.0 Å². The number of amides is 2. The van der Waals surface area contributed by atoms with Gasteiger partial charge >= 0.3 is 6.03 Å². The molecule has 3 rings (SSSR count). The largest absolute Gasteiger partial charge is 0.355 e. The molecule has 0 bridgehead atoms. The molecule has 3 heterocycles. The minimum absolute atomic E-state index is 0.0481. The lowest BCUT2D eigenvalue weighted by molar-refractivity contribution is 0.246. The summed E-state index contributed by atoms with van der Waals surface area (Å²) in [4.78, 5) is 19.0. The highest BCUT2D eigenvalue weighted by Crippen LogP contribution is 2.26. The van der Waals surface area contributed by atoms with Gasteiger partial charge in [-0.1, -0.05) is 0 Å². The molecule has 0 aliphatic carbocycles. The third-order valence-corrected chi connectivity index (χ3v) is 4.35. The lowest BCUT2D eigenvalue weighted by Gasteiger charge is -2.22. The average Bonchev–Trinajstić information content (AvgIpc) is 3.13. The maximum Gasteiger partial charge on any atom is 0.319 e. The molecule has 2 fully saturated rings. The molecule has 120 valence electrons. The lowest BCUT2D eigenvalue weighted by Crippen LogP contribution is -2.48. The summed E-state index contributed by atoms with van der Waals surface area (Å²) >= 11 is 0. The molecular formula is C15H24N6O. The summed E-state index contributed by atoms with van der Waals surface area (Å²) < 4.78 is 0. The van der Waals surface area contributed by atoms with Crippen LogP contribution in [0.15, 0.2) is 18.3 Å². The number of aromatic nitrogens is 1. The molecule has 0 aromatic carbocycles. The molecule has 0 radical (unpaired) electrons. The fraction of sp³-hybridized carbons (Fsp3) is 0.600. The predicted octanol–water partition coefficient (Wildman–Crippen LogP) is 1.06. The Balaban J connectivity index is 1.66. The van der Waals surface area contributed by atoms with Gasteiger partial charge in [-0.25, -0.2) is 9.78 Å². The number of hydrogen-bond acceptors (Lipinski definition) is 5. The van der Waals surface area contributed by atoms with Gasteiger partial charge in [0.05, 0.1) is 11.7 Å². The van der Waals surface area contributed by atoms with Gasteiger partial charge in [0, 0.05) is 31.4 Å². The van der Waals surface area contributed by atoms with Crippen LogP contribution in [0.4, 0.5) is 16.3 Å². The Morgan fingerprint density at radius 1 is 1.27 bits per heavy atom. The second-order valence-electron chi connectivity index (χ2n) is 6.06. The number of nitrogens with one attached hydrogen (secondary N) is 4. The van der Waals surface area contributed by atoms with Crippen molar-refractivity contribution in [3.8, 4) is 0 Å². The fourth-order valence-corrected chi connectivity index (χ4v) is 3.11. The predicted molar refractivity (Wildman–Crippen MR) is 86.8 cm³/mol. The molecule has 2 atom stereocenters. The number of pyridine rings is 1. The van der Waals surface area contributed by atoms with E-state index in [0.717, 1.165) is 24.6 Å². The van der Waals surface area contributed by atoms with Gasteiger partial charge in [-0.05, 0) is 38.8 Å². The molecule has 2 amide bonds. The van der Waals surface area contributed by atoms with Crippen LogP contribution in [0.5, 0.6) is 0 Å². The molecule has 4 N–H and O–H groups in total. The molecular weight excluding hydrogens is 280 g/mol. The zero-order chi connectivity index (χ0) is 15.5. The van der Waals surface area contributed by atoms with Crippen molar-refractivity contribution in [3.05, 3.63) is 18.3 Å². The summed E-state index contributed by atoms with van der Waals surface area (Å²) in [5.41, 5.74) is 7.03. The first kappa shape index (κ1) is 15.1. The molecule has 1 aromatic rings. The van der Waals surface area contributed by atoms with Crippen LogP contribution in [0.25, 0.3) is 0 Å². The maximum absolute atomic E-state index is 12.3. The standard InChI is InChI=1S/C15H24N6O/c1-10-13(11(2)20-19-10)18-15(22)17-12-6-5-7-16-14(12)21-8-3-4-9-21/h5-7,10-11,13,19-20H,3-4,8-9H2,1-2H3,(H2,17,18,22). The number of hydrogen-bond donors (Lipinski definition) is 4. The van der Waals surface area contributed by atoms with Gasteiger partial charge in [-0.15, -0.1) is 0 Å². The highest BCUT2D eigenvalue weighted by Gasteiger charge is 2.31. The highest BCUT2D eigenvalue weighted by molar-refractivity contribution is 5.92. The van der Waals surface area contributed by atoms with E-state index >= 15 is 0 Å². The van der Waals surface area contributed by atoms with Crippen LogP contribution in [0.2, 0.25) is 0 Å². The van der Waals surface area contributed by atoms with E-state index in [2.05, 4.69) is 31.4 Å². The van der Waals surface area contributed by atoms with Crippen molar-refractivity contribution in [2.24, 2.45) is 0 Å². The third-order valence-electron chi connectivity index (χ3n) is 4.35. The SMILES string of the molecule is CC1NNC(C)C1NC(=O)Nc1cccnc1N1CCCC1. The topological polar surface area (TPSA) is 81.3 Å². The second-order valence-corrected chi connectivity index (χ2v) is 6.06. The van der Waals surface area contributed by atoms with E-state index in [4.69, 9.17) is 0 Å². The van der Waals surface area contributed by atoms with Gasteiger partial charge in [0.25, 0.3) is 0 Å². The number of urea groups is 1. The zero-order valence-corrected chi connectivity index (χ0v) is 13.1. The second kappa shape index (κ2) is 6.50. The summed E-state index contributed by atoms with van der Waals surface area (Å²) in [6, 6.07) is 3.98. The Hall–Kier alpha value is -1.86. The maximum atomic E-state index is 12.3. The number of rotatable bonds is 3. The Bertz CT molecular complexity index is 521. The highest BCUT2D eigenvalue weighted by atomic mass is 16.2. The molecule has 7 nitrogen and oxygen atoms in total. The Labute approximate surface area is 130 Å². The quantitative estimate of drug-likeness (QED) is 0.671. The monoisotopic (exact) mass is 304 g/mol. The van der Waals surface area contributed by atoms with E-state index in [-0.39, 0.29) is 24.2 Å². The van der Waals surface area contributed by atoms with Crippen LogP contribution in [0.1, 0.15) is 26.7 Å². The van der Waals surface area contributed by atoms with Crippen LogP contribution in [-0.4, -0.2) is 42.2 Å². The molecule has 7 heteroatoms. The van der Waals surface area contributed by atoms with Gasteiger partial charge in [0.1, 0.15) is 0 Å². The molecule has 0 spiro atoms. The summed E-state index contributed by atoms with van der Waals surface area (Å²) in [6.07, 6.45) is 4.12. The summed E-state index contributed by atoms with van der Waals surface area (Å²) in [6.45, 7) is 6.08. The molecule has 0 saturated carbocycles. The van der Waals surface area contributed by atoms with Crippen molar-refractivity contribution in [1.29, 1.82) is 0 Å². The smallest absolute Gasteiger partial charge is 0.319 e. The minimum atomic E-state index is -0.192. The molecule has 2 aliphatic heterocycles. The van der Waals surface area contributed by atoms with Crippen LogP contribution in [0.3, 0.4) is 0 Å². The zero-order valence-electron chi connectivity index (χ0n) is 13.1. The van der Waals surface area contributed by atoms with Crippen LogP contribution < -0.4 is 26.4 Å². The molecule has 1 aromatic heterocycles. The van der Waals surface area contributed by atoms with Gasteiger partial charge in [0.15, 0.2) is 5.82 Å². The van der Waals surface area contributed by atoms with Crippen LogP contribution in [0, 0.1) is 0 Å². The van der Waals surface area contributed by atoms with Crippen molar-refractivity contribution in [2.75, 3.05) is 23.3 Å². The summed E-state index contributed by atoms with van der Waals surface area (Å²) in [5, 5.41) is 5.97. The molecule has 22 heavy (non-hydrogen) atoms. The van der Waals surface area contributed by atoms with Crippen molar-refractivity contribution in [2.45, 2.75) is 44.8 Å². The van der Waals surface area contributed by atoms with E-state index < -0.39 is 0 Å². The first-order chi connectivity index (χ1) is 10.6. The van der Waals surface area contributed by atoms with Crippen molar-refractivity contribution in [1.82, 2.24) is 21.2 Å². The normalized spacial score (nSPS) is 27.9. The average molecular weight is 304 g/mol. The van der Waals surface area contributed by atoms with E-state index in [9.17, 15) is 4.79 Å². The van der Waals surface area contributed by atoms with Crippen LogP contribution >= 0.6 is 0 Å². The van der Waals surface area contributed by atoms with Gasteiger partial charge < -0.3 is 15.5 Å². The van der Waals surface area contributed by atoms with Crippen molar-refractivity contribution in [3.63, 3.8) is 0 Å². The number of hydrazine groups is 1. The Kier molecular flexibility index (Phi) is 4.44. The number of carbonyl (C=O) groups excluding carboxylic acids is 1.